The quantitative estimate of drug-likeness (QED) is 0.825. The third-order valence-electron chi connectivity index (χ3n) is 3.86. The number of hydrogen-bond acceptors (Lipinski definition) is 4. The van der Waals surface area contributed by atoms with Crippen molar-refractivity contribution in [1.82, 2.24) is 9.62 Å². The smallest absolute Gasteiger partial charge is 0.241 e. The van der Waals surface area contributed by atoms with Crippen LogP contribution in [0.3, 0.4) is 0 Å². The number of halogens is 1. The number of nitrogens with zero attached hydrogens (tertiary/aromatic N) is 1. The second-order valence-corrected chi connectivity index (χ2v) is 7.18. The molecule has 1 aromatic rings. The summed E-state index contributed by atoms with van der Waals surface area (Å²) < 4.78 is 41.0. The van der Waals surface area contributed by atoms with Gasteiger partial charge in [-0.1, -0.05) is 6.92 Å². The van der Waals surface area contributed by atoms with Gasteiger partial charge in [0.2, 0.25) is 10.0 Å². The Balaban J connectivity index is 2.20. The van der Waals surface area contributed by atoms with Crippen LogP contribution in [-0.4, -0.2) is 39.0 Å². The van der Waals surface area contributed by atoms with E-state index in [4.69, 9.17) is 5.73 Å². The predicted octanol–water partition coefficient (Wildman–Crippen LogP) is 1.48. The number of rotatable bonds is 4. The summed E-state index contributed by atoms with van der Waals surface area (Å²) in [6, 6.07) is 2.23. The molecule has 0 aromatic heterocycles. The summed E-state index contributed by atoms with van der Waals surface area (Å²) >= 11 is 0. The molecular weight excluding hydrogens is 293 g/mol. The van der Waals surface area contributed by atoms with Gasteiger partial charge in [-0.05, 0) is 50.6 Å². The number of benzene rings is 1. The molecular formula is C14H22FN3O2S. The maximum Gasteiger partial charge on any atom is 0.241 e. The Hall–Kier alpha value is -1.18. The number of likely N-dealkylation sites (tertiary alicyclic amines) is 1. The SMILES string of the molecule is CCN1CCCC(NS(=O)(=O)c2cc(N)c(F)cc2C)C1. The van der Waals surface area contributed by atoms with E-state index in [0.717, 1.165) is 32.0 Å². The first kappa shape index (κ1) is 16.2. The highest BCUT2D eigenvalue weighted by Gasteiger charge is 2.26. The van der Waals surface area contributed by atoms with Crippen molar-refractivity contribution < 1.29 is 12.8 Å². The molecule has 118 valence electrons. The molecule has 1 heterocycles. The second-order valence-electron chi connectivity index (χ2n) is 5.49. The largest absolute Gasteiger partial charge is 0.396 e. The zero-order valence-electron chi connectivity index (χ0n) is 12.4. The Morgan fingerprint density at radius 2 is 2.19 bits per heavy atom. The van der Waals surface area contributed by atoms with Gasteiger partial charge in [-0.3, -0.25) is 0 Å². The molecule has 0 aliphatic carbocycles. The predicted molar refractivity (Wildman–Crippen MR) is 81.0 cm³/mol. The molecule has 0 radical (unpaired) electrons. The first-order valence-electron chi connectivity index (χ1n) is 7.13. The lowest BCUT2D eigenvalue weighted by atomic mass is 10.1. The molecule has 7 heteroatoms. The lowest BCUT2D eigenvalue weighted by Crippen LogP contribution is -2.47. The molecule has 1 fully saturated rings. The van der Waals surface area contributed by atoms with Crippen molar-refractivity contribution in [2.75, 3.05) is 25.4 Å². The van der Waals surface area contributed by atoms with Crippen molar-refractivity contribution in [2.45, 2.75) is 37.6 Å². The van der Waals surface area contributed by atoms with Crippen molar-refractivity contribution in [1.29, 1.82) is 0 Å². The first-order valence-corrected chi connectivity index (χ1v) is 8.62. The number of nitrogens with two attached hydrogens (primary N) is 1. The molecule has 0 spiro atoms. The molecule has 0 bridgehead atoms. The van der Waals surface area contributed by atoms with Gasteiger partial charge in [-0.15, -0.1) is 0 Å². The van der Waals surface area contributed by atoms with Gasteiger partial charge < -0.3 is 10.6 Å². The average molecular weight is 315 g/mol. The lowest BCUT2D eigenvalue weighted by Gasteiger charge is -2.32. The maximum atomic E-state index is 13.4. The van der Waals surface area contributed by atoms with Crippen molar-refractivity contribution >= 4 is 15.7 Å². The minimum Gasteiger partial charge on any atom is -0.396 e. The molecule has 1 aliphatic rings. The topological polar surface area (TPSA) is 75.4 Å². The molecule has 1 aromatic carbocycles. The summed E-state index contributed by atoms with van der Waals surface area (Å²) in [5.41, 5.74) is 5.69. The number of sulfonamides is 1. The van der Waals surface area contributed by atoms with Gasteiger partial charge in [-0.2, -0.15) is 0 Å². The number of aryl methyl sites for hydroxylation is 1. The average Bonchev–Trinajstić information content (AvgIpc) is 2.42. The first-order chi connectivity index (χ1) is 9.83. The highest BCUT2D eigenvalue weighted by molar-refractivity contribution is 7.89. The van der Waals surface area contributed by atoms with Crippen LogP contribution in [0.15, 0.2) is 17.0 Å². The van der Waals surface area contributed by atoms with E-state index in [9.17, 15) is 12.8 Å². The van der Waals surface area contributed by atoms with Gasteiger partial charge in [0.1, 0.15) is 5.82 Å². The standard InChI is InChI=1S/C14H22FN3O2S/c1-3-18-6-4-5-11(9-18)17-21(19,20)14-8-13(16)12(15)7-10(14)2/h7-8,11,17H,3-6,9,16H2,1-2H3. The fraction of sp³-hybridized carbons (Fsp3) is 0.571. The van der Waals surface area contributed by atoms with Gasteiger partial charge in [0.15, 0.2) is 0 Å². The normalized spacial score (nSPS) is 20.6. The fourth-order valence-corrected chi connectivity index (χ4v) is 4.20. The van der Waals surface area contributed by atoms with Gasteiger partial charge in [0.25, 0.3) is 0 Å². The van der Waals surface area contributed by atoms with E-state index in [1.807, 2.05) is 0 Å². The Bertz CT molecular complexity index is 619. The number of nitrogen functional groups attached to an aromatic ring is 1. The van der Waals surface area contributed by atoms with Crippen LogP contribution in [0.25, 0.3) is 0 Å². The summed E-state index contributed by atoms with van der Waals surface area (Å²) in [4.78, 5) is 2.26. The molecule has 0 saturated carbocycles. The summed E-state index contributed by atoms with van der Waals surface area (Å²) in [7, 11) is -3.68. The van der Waals surface area contributed by atoms with Crippen LogP contribution in [0, 0.1) is 12.7 Å². The zero-order chi connectivity index (χ0) is 15.6. The maximum absolute atomic E-state index is 13.4. The lowest BCUT2D eigenvalue weighted by molar-refractivity contribution is 0.211. The van der Waals surface area contributed by atoms with E-state index in [1.54, 1.807) is 6.92 Å². The Kier molecular flexibility index (Phi) is 4.85. The molecule has 1 aliphatic heterocycles. The number of hydrogen-bond donors (Lipinski definition) is 2. The monoisotopic (exact) mass is 315 g/mol. The third kappa shape index (κ3) is 3.72. The molecule has 1 unspecified atom stereocenters. The van der Waals surface area contributed by atoms with E-state index >= 15 is 0 Å². The van der Waals surface area contributed by atoms with Gasteiger partial charge in [0.05, 0.1) is 10.6 Å². The van der Waals surface area contributed by atoms with Crippen LogP contribution >= 0.6 is 0 Å². The van der Waals surface area contributed by atoms with Crippen molar-refractivity contribution in [2.24, 2.45) is 0 Å². The second kappa shape index (κ2) is 6.29. The summed E-state index contributed by atoms with van der Waals surface area (Å²) in [5.74, 6) is -0.596. The molecule has 3 N–H and O–H groups in total. The van der Waals surface area contributed by atoms with Crippen LogP contribution in [0.4, 0.5) is 10.1 Å². The number of nitrogens with one attached hydrogen (secondary N) is 1. The number of piperidine rings is 1. The van der Waals surface area contributed by atoms with Gasteiger partial charge in [0, 0.05) is 12.6 Å². The van der Waals surface area contributed by atoms with Crippen molar-refractivity contribution in [3.63, 3.8) is 0 Å². The molecule has 2 rings (SSSR count). The fourth-order valence-electron chi connectivity index (χ4n) is 2.68. The van der Waals surface area contributed by atoms with E-state index in [0.29, 0.717) is 12.1 Å². The highest BCUT2D eigenvalue weighted by atomic mass is 32.2. The Morgan fingerprint density at radius 3 is 2.86 bits per heavy atom. The Labute approximate surface area is 125 Å². The van der Waals surface area contributed by atoms with Crippen LogP contribution in [0.1, 0.15) is 25.3 Å². The van der Waals surface area contributed by atoms with Crippen LogP contribution in [-0.2, 0) is 10.0 Å². The van der Waals surface area contributed by atoms with E-state index in [1.165, 1.54) is 6.07 Å². The number of likely N-dealkylation sites (N-methyl/N-ethyl adjacent to an activating group) is 1. The van der Waals surface area contributed by atoms with Crippen LogP contribution in [0.5, 0.6) is 0 Å². The van der Waals surface area contributed by atoms with Gasteiger partial charge >= 0.3 is 0 Å². The van der Waals surface area contributed by atoms with Gasteiger partial charge in [-0.25, -0.2) is 17.5 Å². The molecule has 5 nitrogen and oxygen atoms in total. The Morgan fingerprint density at radius 1 is 1.48 bits per heavy atom. The van der Waals surface area contributed by atoms with E-state index < -0.39 is 15.8 Å². The third-order valence-corrected chi connectivity index (χ3v) is 5.52. The van der Waals surface area contributed by atoms with Crippen molar-refractivity contribution in [3.8, 4) is 0 Å². The van der Waals surface area contributed by atoms with Crippen LogP contribution in [0.2, 0.25) is 0 Å². The zero-order valence-corrected chi connectivity index (χ0v) is 13.2. The molecule has 0 amide bonds. The summed E-state index contributed by atoms with van der Waals surface area (Å²) in [6.45, 7) is 6.22. The molecule has 1 saturated heterocycles. The minimum atomic E-state index is -3.68. The van der Waals surface area contributed by atoms with E-state index in [2.05, 4.69) is 16.5 Å². The molecule has 21 heavy (non-hydrogen) atoms. The molecule has 1 atom stereocenters. The minimum absolute atomic E-state index is 0.0509. The summed E-state index contributed by atoms with van der Waals surface area (Å²) in [5, 5.41) is 0. The number of anilines is 1. The van der Waals surface area contributed by atoms with Crippen molar-refractivity contribution in [3.05, 3.63) is 23.5 Å². The highest BCUT2D eigenvalue weighted by Crippen LogP contribution is 2.22. The van der Waals surface area contributed by atoms with Crippen LogP contribution < -0.4 is 10.5 Å². The van der Waals surface area contributed by atoms with E-state index in [-0.39, 0.29) is 16.6 Å². The summed E-state index contributed by atoms with van der Waals surface area (Å²) in [6.07, 6.45) is 1.77.